The molecule has 2 unspecified atom stereocenters. The number of rotatable bonds is 37. The molecule has 3 N–H and O–H groups in total. The van der Waals surface area contributed by atoms with E-state index in [4.69, 9.17) is 9.47 Å². The number of allylic oxidation sites excluding steroid dienone is 5. The zero-order valence-electron chi connectivity index (χ0n) is 32.4. The minimum Gasteiger partial charge on any atom is -0.463 e. The van der Waals surface area contributed by atoms with E-state index in [2.05, 4.69) is 38.2 Å². The summed E-state index contributed by atoms with van der Waals surface area (Å²) in [5, 5.41) is 30.4. The average Bonchev–Trinajstić information content (AvgIpc) is 3.11. The maximum atomic E-state index is 12.0. The number of aliphatic hydroxyl groups is 3. The Hall–Kier alpha value is -1.96. The normalized spacial score (nSPS) is 13.8. The van der Waals surface area contributed by atoms with E-state index in [1.165, 1.54) is 109 Å². The van der Waals surface area contributed by atoms with Crippen molar-refractivity contribution in [2.45, 2.75) is 212 Å². The van der Waals surface area contributed by atoms with Gasteiger partial charge < -0.3 is 24.8 Å². The van der Waals surface area contributed by atoms with Crippen LogP contribution in [0.4, 0.5) is 0 Å². The lowest BCUT2D eigenvalue weighted by Gasteiger charge is -2.16. The molecule has 0 aromatic heterocycles. The molecule has 3 atom stereocenters. The predicted molar refractivity (Wildman–Crippen MR) is 208 cm³/mol. The van der Waals surface area contributed by atoms with E-state index in [-0.39, 0.29) is 32.0 Å². The van der Waals surface area contributed by atoms with Crippen molar-refractivity contribution in [1.82, 2.24) is 0 Å². The van der Waals surface area contributed by atoms with Crippen LogP contribution in [0, 0.1) is 0 Å². The lowest BCUT2D eigenvalue weighted by atomic mass is 10.0. The van der Waals surface area contributed by atoms with Crippen molar-refractivity contribution in [3.05, 3.63) is 36.5 Å². The van der Waals surface area contributed by atoms with Gasteiger partial charge in [-0.15, -0.1) is 0 Å². The number of ether oxygens (including phenoxy) is 2. The third kappa shape index (κ3) is 35.9. The second-order valence-corrected chi connectivity index (χ2v) is 14.1. The molecule has 0 aliphatic carbocycles. The average molecular weight is 707 g/mol. The van der Waals surface area contributed by atoms with Crippen molar-refractivity contribution >= 4 is 11.9 Å². The molecule has 7 heteroatoms. The first-order valence-electron chi connectivity index (χ1n) is 20.7. The lowest BCUT2D eigenvalue weighted by Crippen LogP contribution is -2.26. The SMILES string of the molecule is CCCCC/C=C\C/C=C\C/C=C\CC(O)C(O)CCCC(=O)OC[C@H](O)COC(=O)CCCCCCCCCCCCCCCCCCC. The Balaban J connectivity index is 3.64. The summed E-state index contributed by atoms with van der Waals surface area (Å²) in [7, 11) is 0. The first-order valence-corrected chi connectivity index (χ1v) is 20.7. The van der Waals surface area contributed by atoms with E-state index in [0.29, 0.717) is 19.3 Å². The zero-order chi connectivity index (χ0) is 36.8. The van der Waals surface area contributed by atoms with Crippen LogP contribution in [-0.2, 0) is 19.1 Å². The Morgan fingerprint density at radius 2 is 0.880 bits per heavy atom. The number of carbonyl (C=O) groups is 2. The summed E-state index contributed by atoms with van der Waals surface area (Å²) < 4.78 is 10.2. The number of aliphatic hydroxyl groups excluding tert-OH is 3. The third-order valence-electron chi connectivity index (χ3n) is 9.08. The standard InChI is InChI=1S/C43H78O7/c1-3-5-7-9-11-13-15-17-18-19-20-21-23-25-27-29-31-35-42(47)49-37-39(44)38-50-43(48)36-32-34-41(46)40(45)33-30-28-26-24-22-16-14-12-10-8-6-4-2/h12,14,22,24,28,30,39-41,44-46H,3-11,13,15-21,23,25-27,29,31-38H2,1-2H3/b14-12-,24-22-,30-28-/t39-,40?,41?/m1/s1. The van der Waals surface area contributed by atoms with Crippen LogP contribution < -0.4 is 0 Å². The second kappa shape index (κ2) is 38.3. The van der Waals surface area contributed by atoms with Gasteiger partial charge in [-0.2, -0.15) is 0 Å². The maximum absolute atomic E-state index is 12.0. The van der Waals surface area contributed by atoms with Crippen LogP contribution in [-0.4, -0.2) is 58.8 Å². The third-order valence-corrected chi connectivity index (χ3v) is 9.08. The fraction of sp³-hybridized carbons (Fsp3) is 0.814. The first-order chi connectivity index (χ1) is 24.4. The van der Waals surface area contributed by atoms with Gasteiger partial charge in [0.1, 0.15) is 19.3 Å². The van der Waals surface area contributed by atoms with E-state index >= 15 is 0 Å². The summed E-state index contributed by atoms with van der Waals surface area (Å²) in [4.78, 5) is 24.0. The fourth-order valence-electron chi connectivity index (χ4n) is 5.78. The van der Waals surface area contributed by atoms with E-state index in [9.17, 15) is 24.9 Å². The molecule has 0 heterocycles. The molecular weight excluding hydrogens is 628 g/mol. The van der Waals surface area contributed by atoms with Crippen LogP contribution in [0.2, 0.25) is 0 Å². The Morgan fingerprint density at radius 1 is 0.480 bits per heavy atom. The number of hydrogen-bond donors (Lipinski definition) is 3. The number of unbranched alkanes of at least 4 members (excludes halogenated alkanes) is 19. The molecule has 292 valence electrons. The molecule has 0 fully saturated rings. The van der Waals surface area contributed by atoms with Crippen LogP contribution in [0.25, 0.3) is 0 Å². The van der Waals surface area contributed by atoms with Gasteiger partial charge >= 0.3 is 11.9 Å². The van der Waals surface area contributed by atoms with Gasteiger partial charge in [0, 0.05) is 12.8 Å². The Bertz CT molecular complexity index is 837. The molecule has 0 saturated heterocycles. The van der Waals surface area contributed by atoms with E-state index < -0.39 is 24.3 Å². The van der Waals surface area contributed by atoms with Crippen molar-refractivity contribution in [3.8, 4) is 0 Å². The maximum Gasteiger partial charge on any atom is 0.305 e. The number of hydrogen-bond acceptors (Lipinski definition) is 7. The molecule has 50 heavy (non-hydrogen) atoms. The Morgan fingerprint density at radius 3 is 1.38 bits per heavy atom. The van der Waals surface area contributed by atoms with Gasteiger partial charge in [-0.05, 0) is 51.4 Å². The second-order valence-electron chi connectivity index (χ2n) is 14.1. The molecule has 0 rings (SSSR count). The molecule has 7 nitrogen and oxygen atoms in total. The fourth-order valence-corrected chi connectivity index (χ4v) is 5.78. The smallest absolute Gasteiger partial charge is 0.305 e. The quantitative estimate of drug-likeness (QED) is 0.0335. The molecule has 0 aromatic carbocycles. The van der Waals surface area contributed by atoms with Crippen molar-refractivity contribution in [3.63, 3.8) is 0 Å². The highest BCUT2D eigenvalue weighted by atomic mass is 16.6. The van der Waals surface area contributed by atoms with Gasteiger partial charge in [-0.3, -0.25) is 9.59 Å². The summed E-state index contributed by atoms with van der Waals surface area (Å²) in [6.07, 6.45) is 39.5. The largest absolute Gasteiger partial charge is 0.463 e. The van der Waals surface area contributed by atoms with Gasteiger partial charge in [-0.1, -0.05) is 166 Å². The highest BCUT2D eigenvalue weighted by Crippen LogP contribution is 2.15. The molecule has 0 aromatic rings. The van der Waals surface area contributed by atoms with Gasteiger partial charge in [-0.25, -0.2) is 0 Å². The van der Waals surface area contributed by atoms with Gasteiger partial charge in [0.15, 0.2) is 0 Å². The van der Waals surface area contributed by atoms with Crippen molar-refractivity contribution in [1.29, 1.82) is 0 Å². The molecule has 0 radical (unpaired) electrons. The van der Waals surface area contributed by atoms with Gasteiger partial charge in [0.25, 0.3) is 0 Å². The monoisotopic (exact) mass is 707 g/mol. The summed E-state index contributed by atoms with van der Waals surface area (Å²) in [5.74, 6) is -0.834. The van der Waals surface area contributed by atoms with Gasteiger partial charge in [0.05, 0.1) is 12.2 Å². The van der Waals surface area contributed by atoms with Crippen molar-refractivity contribution < 1.29 is 34.4 Å². The van der Waals surface area contributed by atoms with E-state index in [0.717, 1.165) is 38.5 Å². The molecule has 0 amide bonds. The minimum absolute atomic E-state index is 0.0727. The van der Waals surface area contributed by atoms with Crippen molar-refractivity contribution in [2.75, 3.05) is 13.2 Å². The summed E-state index contributed by atoms with van der Waals surface area (Å²) in [5.41, 5.74) is 0. The number of carbonyl (C=O) groups excluding carboxylic acids is 2. The van der Waals surface area contributed by atoms with Crippen molar-refractivity contribution in [2.24, 2.45) is 0 Å². The molecule has 0 aliphatic heterocycles. The van der Waals surface area contributed by atoms with Crippen LogP contribution in [0.1, 0.15) is 194 Å². The summed E-state index contributed by atoms with van der Waals surface area (Å²) in [6.45, 7) is 4.03. The molecular formula is C43H78O7. The highest BCUT2D eigenvalue weighted by molar-refractivity contribution is 5.69. The van der Waals surface area contributed by atoms with Gasteiger partial charge in [0.2, 0.25) is 0 Å². The lowest BCUT2D eigenvalue weighted by molar-refractivity contribution is -0.152. The van der Waals surface area contributed by atoms with E-state index in [1.54, 1.807) is 0 Å². The summed E-state index contributed by atoms with van der Waals surface area (Å²) >= 11 is 0. The molecule has 0 aliphatic rings. The van der Waals surface area contributed by atoms with Crippen LogP contribution in [0.5, 0.6) is 0 Å². The zero-order valence-corrected chi connectivity index (χ0v) is 32.4. The highest BCUT2D eigenvalue weighted by Gasteiger charge is 2.16. The summed E-state index contributed by atoms with van der Waals surface area (Å²) in [6, 6.07) is 0. The molecule has 0 bridgehead atoms. The Labute approximate surface area is 307 Å². The van der Waals surface area contributed by atoms with E-state index in [1.807, 2.05) is 12.2 Å². The minimum atomic E-state index is -1.07. The molecule has 0 spiro atoms. The van der Waals surface area contributed by atoms with Crippen LogP contribution >= 0.6 is 0 Å². The first kappa shape index (κ1) is 48.0. The number of esters is 2. The Kier molecular flexibility index (Phi) is 36.8. The predicted octanol–water partition coefficient (Wildman–Crippen LogP) is 10.8. The van der Waals surface area contributed by atoms with Crippen LogP contribution in [0.3, 0.4) is 0 Å². The molecule has 0 saturated carbocycles. The van der Waals surface area contributed by atoms with Crippen LogP contribution in [0.15, 0.2) is 36.5 Å². The topological polar surface area (TPSA) is 113 Å².